The number of hydrogen-bond donors (Lipinski definition) is 2. The predicted octanol–water partition coefficient (Wildman–Crippen LogP) is 11.3. The summed E-state index contributed by atoms with van der Waals surface area (Å²) in [6.07, 6.45) is 20.4. The van der Waals surface area contributed by atoms with Crippen LogP contribution in [0.15, 0.2) is 79.5 Å². The fourth-order valence-electron chi connectivity index (χ4n) is 18.9. The van der Waals surface area contributed by atoms with Gasteiger partial charge in [-0.1, -0.05) is 26.8 Å². The summed E-state index contributed by atoms with van der Waals surface area (Å²) in [4.78, 5) is 73.8. The average molecular weight is 1240 g/mol. The van der Waals surface area contributed by atoms with Gasteiger partial charge in [-0.2, -0.15) is 0 Å². The fraction of sp³-hybridized carbons (Fsp3) is 0.627. The van der Waals surface area contributed by atoms with E-state index in [4.69, 9.17) is 10.8 Å². The lowest BCUT2D eigenvalue weighted by molar-refractivity contribution is -0.143. The summed E-state index contributed by atoms with van der Waals surface area (Å²) in [5.74, 6) is 9.24. The maximum Gasteiger partial charge on any atom is 0.303 e. The Kier molecular flexibility index (Phi) is 20.1. The van der Waals surface area contributed by atoms with Crippen molar-refractivity contribution in [2.45, 2.75) is 118 Å². The van der Waals surface area contributed by atoms with Crippen LogP contribution in [0.25, 0.3) is 32.7 Å². The molecule has 3 saturated carbocycles. The normalized spacial score (nSPS) is 31.1. The fourth-order valence-corrected chi connectivity index (χ4v) is 18.9. The Morgan fingerprint density at radius 2 is 0.813 bits per heavy atom. The van der Waals surface area contributed by atoms with E-state index in [-0.39, 0.29) is 6.04 Å². The lowest BCUT2D eigenvalue weighted by Crippen LogP contribution is -2.54. The zero-order valence-corrected chi connectivity index (χ0v) is 56.1. The molecule has 16 rings (SSSR count). The summed E-state index contributed by atoms with van der Waals surface area (Å²) in [6, 6.07) is 17.1. The number of carbonyl (C=O) groups excluding carboxylic acids is 2. The number of carboxylic acids is 1. The molecule has 16 heteroatoms. The molecule has 5 aromatic heterocycles. The van der Waals surface area contributed by atoms with Gasteiger partial charge in [-0.3, -0.25) is 39.3 Å². The minimum atomic E-state index is -0.626. The van der Waals surface area contributed by atoms with Gasteiger partial charge in [-0.05, 0) is 211 Å². The zero-order valence-electron chi connectivity index (χ0n) is 56.1. The van der Waals surface area contributed by atoms with Gasteiger partial charge in [0, 0.05) is 157 Å². The first-order valence-corrected chi connectivity index (χ1v) is 34.8. The maximum absolute atomic E-state index is 13.0. The SMILES string of the molecule is CN1CC2CC(C1)C2CC(=O)O.Cc1ccc(N2C[C@@H](C)C[C@@H](N)C2)c2cccnc12.Cc1ncc(N2C[C@@H](C)C[C@@H](CC(=O)CC3C4CC3CN(C)C4)C2)c2cccnc12.Cc1ncc(N2C[C@@H](C)C[C@@H](CC(=O)CC3C4CC3CN(C)C4)C2)c2cccnc12. The van der Waals surface area contributed by atoms with Crippen LogP contribution in [-0.4, -0.2) is 168 Å². The molecular formula is C75H104N12O4. The topological polar surface area (TPSA) is 181 Å². The van der Waals surface area contributed by atoms with Crippen LogP contribution in [0.2, 0.25) is 0 Å². The van der Waals surface area contributed by atoms with Gasteiger partial charge in [0.1, 0.15) is 11.6 Å². The molecule has 0 amide bonds. The summed E-state index contributed by atoms with van der Waals surface area (Å²) in [5, 5.41) is 12.2. The molecule has 6 aromatic rings. The molecule has 12 atom stereocenters. The Balaban J connectivity index is 0.000000123. The van der Waals surface area contributed by atoms with Crippen LogP contribution < -0.4 is 20.4 Å². The van der Waals surface area contributed by atoms with E-state index in [1.54, 1.807) is 0 Å². The zero-order chi connectivity index (χ0) is 63.8. The highest BCUT2D eigenvalue weighted by Gasteiger charge is 2.48. The first kappa shape index (κ1) is 64.9. The highest BCUT2D eigenvalue weighted by Crippen LogP contribution is 2.50. The number of anilines is 3. The minimum absolute atomic E-state index is 0.275. The van der Waals surface area contributed by atoms with Crippen molar-refractivity contribution < 1.29 is 19.5 Å². The Morgan fingerprint density at radius 3 is 1.22 bits per heavy atom. The number of ketones is 2. The number of aryl methyl sites for hydroxylation is 3. The van der Waals surface area contributed by atoms with Crippen LogP contribution in [0.5, 0.6) is 0 Å². The van der Waals surface area contributed by atoms with E-state index in [2.05, 4.69) is 133 Å². The number of carbonyl (C=O) groups is 3. The van der Waals surface area contributed by atoms with E-state index >= 15 is 0 Å². The number of carboxylic acid groups (broad SMARTS) is 1. The summed E-state index contributed by atoms with van der Waals surface area (Å²) < 4.78 is 0. The minimum Gasteiger partial charge on any atom is -0.481 e. The van der Waals surface area contributed by atoms with E-state index < -0.39 is 5.97 Å². The van der Waals surface area contributed by atoms with Crippen molar-refractivity contribution in [1.29, 1.82) is 0 Å². The van der Waals surface area contributed by atoms with Crippen molar-refractivity contribution in [2.75, 3.05) is 114 Å². The molecule has 10 fully saturated rings. The Bertz CT molecular complexity index is 3350. The molecule has 6 unspecified atom stereocenters. The van der Waals surface area contributed by atoms with Gasteiger partial charge in [0.25, 0.3) is 0 Å². The molecular weight excluding hydrogens is 1130 g/mol. The number of piperidine rings is 9. The molecule has 7 aliphatic heterocycles. The highest BCUT2D eigenvalue weighted by atomic mass is 16.4. The lowest BCUT2D eigenvalue weighted by Gasteiger charge is -2.53. The monoisotopic (exact) mass is 1240 g/mol. The number of nitrogens with two attached hydrogens (primary N) is 1. The lowest BCUT2D eigenvalue weighted by atomic mass is 9.60. The molecule has 91 heavy (non-hydrogen) atoms. The number of nitrogens with zero attached hydrogens (tertiary/aromatic N) is 11. The van der Waals surface area contributed by atoms with Crippen LogP contribution in [-0.2, 0) is 14.4 Å². The standard InChI is InChI=1S/2C25H34N4O.C16H21N3.C9H15NO2/c2*1-16-7-18(8-21(30)10-23-19-9-20(23)15-28(3)14-19)13-29(12-16)24-11-27-17(2)25-22(24)5-4-6-26-25;1-11-8-13(17)10-19(9-11)15-6-5-12(2)16-14(15)4-3-7-18-16;1-10-4-6-2-7(5-10)8(6)3-9(11)12/h2*4-6,11,16,18-20,23H,7-10,12-15H2,1-3H3;3-7,11,13H,8-10,17H2,1-2H3;6-8H,2-5H2,1H3,(H,11,12)/t2*16-,18-,19?,20?,23?;11-,13+;/m000./s1. The Labute approximate surface area is 541 Å². The molecule has 1 aromatic carbocycles. The average Bonchev–Trinajstić information content (AvgIpc) is 0.900. The van der Waals surface area contributed by atoms with Gasteiger partial charge >= 0.3 is 5.97 Å². The first-order chi connectivity index (χ1) is 43.8. The second-order valence-corrected chi connectivity index (χ2v) is 30.7. The van der Waals surface area contributed by atoms with E-state index in [1.165, 1.54) is 84.2 Å². The molecule has 0 radical (unpaired) electrons. The Morgan fingerprint density at radius 1 is 0.440 bits per heavy atom. The van der Waals surface area contributed by atoms with Gasteiger partial charge in [-0.25, -0.2) is 0 Å². The molecule has 12 heterocycles. The number of Topliss-reactive ketones (excluding diaryl/α,β-unsaturated/α-hetero) is 2. The quantitative estimate of drug-likeness (QED) is 0.111. The first-order valence-electron chi connectivity index (χ1n) is 34.8. The van der Waals surface area contributed by atoms with Crippen molar-refractivity contribution in [2.24, 2.45) is 88.6 Å². The summed E-state index contributed by atoms with van der Waals surface area (Å²) in [6.45, 7) is 26.0. The number of hydrogen-bond acceptors (Lipinski definition) is 15. The van der Waals surface area contributed by atoms with Crippen LogP contribution in [0, 0.1) is 104 Å². The molecule has 3 N–H and O–H groups in total. The third-order valence-electron chi connectivity index (χ3n) is 22.9. The second kappa shape index (κ2) is 28.2. The van der Waals surface area contributed by atoms with Crippen molar-refractivity contribution in [3.63, 3.8) is 0 Å². The summed E-state index contributed by atoms with van der Waals surface area (Å²) in [7, 11) is 6.55. The van der Waals surface area contributed by atoms with Crippen molar-refractivity contribution in [3.8, 4) is 0 Å². The molecule has 488 valence electrons. The Hall–Kier alpha value is -6.20. The van der Waals surface area contributed by atoms with E-state index in [9.17, 15) is 14.4 Å². The molecule has 6 bridgehead atoms. The summed E-state index contributed by atoms with van der Waals surface area (Å²) >= 11 is 0. The smallest absolute Gasteiger partial charge is 0.303 e. The predicted molar refractivity (Wildman–Crippen MR) is 366 cm³/mol. The van der Waals surface area contributed by atoms with Gasteiger partial charge in [0.05, 0.1) is 51.7 Å². The molecule has 16 nitrogen and oxygen atoms in total. The molecule has 3 aliphatic carbocycles. The third kappa shape index (κ3) is 14.9. The number of benzene rings is 1. The maximum atomic E-state index is 13.0. The van der Waals surface area contributed by atoms with E-state index in [0.717, 1.165) is 149 Å². The number of aliphatic carboxylic acids is 1. The molecule has 10 aliphatic rings. The van der Waals surface area contributed by atoms with Crippen molar-refractivity contribution in [3.05, 3.63) is 96.5 Å². The largest absolute Gasteiger partial charge is 0.481 e. The number of pyridine rings is 5. The third-order valence-corrected chi connectivity index (χ3v) is 22.9. The van der Waals surface area contributed by atoms with Gasteiger partial charge < -0.3 is 40.2 Å². The van der Waals surface area contributed by atoms with Gasteiger partial charge in [0.15, 0.2) is 0 Å². The molecule has 0 spiro atoms. The van der Waals surface area contributed by atoms with Crippen LogP contribution >= 0.6 is 0 Å². The van der Waals surface area contributed by atoms with Gasteiger partial charge in [0.2, 0.25) is 0 Å². The summed E-state index contributed by atoms with van der Waals surface area (Å²) in [5.41, 5.74) is 16.0. The number of aromatic nitrogens is 5. The second-order valence-electron chi connectivity index (χ2n) is 30.7. The van der Waals surface area contributed by atoms with Crippen LogP contribution in [0.3, 0.4) is 0 Å². The van der Waals surface area contributed by atoms with Crippen molar-refractivity contribution >= 4 is 67.3 Å². The highest BCUT2D eigenvalue weighted by molar-refractivity contribution is 5.95. The van der Waals surface area contributed by atoms with Crippen LogP contribution in [0.4, 0.5) is 17.1 Å². The number of fused-ring (bicyclic) bond motifs is 9. The van der Waals surface area contributed by atoms with Crippen LogP contribution in [0.1, 0.15) is 108 Å². The number of rotatable bonds is 13. The van der Waals surface area contributed by atoms with E-state index in [1.807, 2.05) is 63.0 Å². The van der Waals surface area contributed by atoms with Gasteiger partial charge in [-0.15, -0.1) is 0 Å². The number of likely N-dealkylation sites (tertiary alicyclic amines) is 2. The van der Waals surface area contributed by atoms with Crippen molar-refractivity contribution in [1.82, 2.24) is 39.6 Å². The van der Waals surface area contributed by atoms with E-state index in [0.29, 0.717) is 77.2 Å². The molecule has 7 saturated heterocycles.